The van der Waals surface area contributed by atoms with E-state index >= 15 is 0 Å². The van der Waals surface area contributed by atoms with Crippen LogP contribution in [0.1, 0.15) is 5.56 Å². The van der Waals surface area contributed by atoms with E-state index in [9.17, 15) is 0 Å². The molecule has 68 valence electrons. The summed E-state index contributed by atoms with van der Waals surface area (Å²) in [6.45, 7) is 0. The van der Waals surface area contributed by atoms with Crippen molar-refractivity contribution in [2.75, 3.05) is 0 Å². The van der Waals surface area contributed by atoms with Crippen LogP contribution in [0, 0.1) is 0 Å². The van der Waals surface area contributed by atoms with E-state index in [0.29, 0.717) is 0 Å². The van der Waals surface area contributed by atoms with E-state index in [1.807, 2.05) is 25.2 Å². The van der Waals surface area contributed by atoms with Crippen molar-refractivity contribution in [1.82, 2.24) is 4.57 Å². The maximum absolute atomic E-state index is 5.91. The maximum atomic E-state index is 5.91. The van der Waals surface area contributed by atoms with Gasteiger partial charge in [-0.25, -0.2) is 0 Å². The molecule has 3 heteroatoms. The van der Waals surface area contributed by atoms with Gasteiger partial charge in [0.2, 0.25) is 0 Å². The molecule has 1 heterocycles. The number of thiol groups is 1. The lowest BCUT2D eigenvalue weighted by Crippen LogP contribution is -1.82. The summed E-state index contributed by atoms with van der Waals surface area (Å²) in [4.78, 5) is 0. The first-order chi connectivity index (χ1) is 6.22. The van der Waals surface area contributed by atoms with Crippen LogP contribution in [0.25, 0.3) is 10.9 Å². The predicted octanol–water partition coefficient (Wildman–Crippen LogP) is 3.26. The molecule has 13 heavy (non-hydrogen) atoms. The average molecular weight is 212 g/mol. The lowest BCUT2D eigenvalue weighted by Gasteiger charge is -1.96. The minimum atomic E-state index is 0.763. The molecule has 1 aromatic heterocycles. The number of benzene rings is 1. The number of rotatable bonds is 1. The largest absolute Gasteiger partial charge is 0.350 e. The second-order valence-corrected chi connectivity index (χ2v) is 3.84. The van der Waals surface area contributed by atoms with Crippen LogP contribution in [-0.4, -0.2) is 4.57 Å². The van der Waals surface area contributed by atoms with Crippen LogP contribution in [0.4, 0.5) is 0 Å². The minimum absolute atomic E-state index is 0.763. The zero-order valence-electron chi connectivity index (χ0n) is 7.29. The Hall–Kier alpha value is -0.600. The summed E-state index contributed by atoms with van der Waals surface area (Å²) in [5.41, 5.74) is 2.41. The Morgan fingerprint density at radius 1 is 1.46 bits per heavy atom. The van der Waals surface area contributed by atoms with E-state index in [-0.39, 0.29) is 0 Å². The maximum Gasteiger partial charge on any atom is 0.0495 e. The van der Waals surface area contributed by atoms with Gasteiger partial charge in [0.05, 0.1) is 0 Å². The number of hydrogen-bond donors (Lipinski definition) is 1. The van der Waals surface area contributed by atoms with Gasteiger partial charge in [-0.05, 0) is 17.7 Å². The quantitative estimate of drug-likeness (QED) is 0.691. The molecule has 2 aromatic rings. The van der Waals surface area contributed by atoms with Gasteiger partial charge in [0, 0.05) is 34.9 Å². The van der Waals surface area contributed by atoms with E-state index in [1.54, 1.807) is 0 Å². The molecular formula is C10H10ClNS. The number of nitrogens with zero attached hydrogens (tertiary/aromatic N) is 1. The van der Waals surface area contributed by atoms with Crippen LogP contribution < -0.4 is 0 Å². The Labute approximate surface area is 87.7 Å². The third-order valence-corrected chi connectivity index (χ3v) is 2.78. The van der Waals surface area contributed by atoms with E-state index in [1.165, 1.54) is 10.9 Å². The number of aromatic nitrogens is 1. The Balaban J connectivity index is 2.80. The molecule has 1 nitrogen and oxygen atoms in total. The first-order valence-corrected chi connectivity index (χ1v) is 5.07. The Kier molecular flexibility index (Phi) is 2.26. The van der Waals surface area contributed by atoms with Crippen LogP contribution in [0.3, 0.4) is 0 Å². The molecule has 0 aliphatic carbocycles. The molecule has 0 N–H and O–H groups in total. The highest BCUT2D eigenvalue weighted by Crippen LogP contribution is 2.24. The van der Waals surface area contributed by atoms with Crippen LogP contribution in [0.2, 0.25) is 5.02 Å². The number of hydrogen-bond acceptors (Lipinski definition) is 1. The van der Waals surface area contributed by atoms with Crippen LogP contribution in [0.5, 0.6) is 0 Å². The summed E-state index contributed by atoms with van der Waals surface area (Å²) >= 11 is 10.2. The molecule has 0 unspecified atom stereocenters. The molecule has 0 atom stereocenters. The van der Waals surface area contributed by atoms with Crippen molar-refractivity contribution < 1.29 is 0 Å². The molecule has 0 saturated heterocycles. The van der Waals surface area contributed by atoms with Gasteiger partial charge in [-0.1, -0.05) is 17.7 Å². The number of aryl methyl sites for hydroxylation is 1. The SMILES string of the molecule is Cn1cc(CS)c2ccc(Cl)cc21. The lowest BCUT2D eigenvalue weighted by atomic mass is 10.2. The van der Waals surface area contributed by atoms with E-state index < -0.39 is 0 Å². The summed E-state index contributed by atoms with van der Waals surface area (Å²) in [7, 11) is 2.02. The molecule has 0 spiro atoms. The molecule has 0 radical (unpaired) electrons. The molecular weight excluding hydrogens is 202 g/mol. The fourth-order valence-electron chi connectivity index (χ4n) is 1.57. The highest BCUT2D eigenvalue weighted by molar-refractivity contribution is 7.79. The standard InChI is InChI=1S/C10H10ClNS/c1-12-5-7(6-13)9-3-2-8(11)4-10(9)12/h2-5,13H,6H2,1H3. The third-order valence-electron chi connectivity index (χ3n) is 2.21. The van der Waals surface area contributed by atoms with Crippen LogP contribution >= 0.6 is 24.2 Å². The zero-order valence-corrected chi connectivity index (χ0v) is 8.94. The second-order valence-electron chi connectivity index (χ2n) is 3.08. The fraction of sp³-hybridized carbons (Fsp3) is 0.200. The van der Waals surface area contributed by atoms with Crippen molar-refractivity contribution in [2.45, 2.75) is 5.75 Å². The van der Waals surface area contributed by atoms with Gasteiger partial charge < -0.3 is 4.57 Å². The van der Waals surface area contributed by atoms with Gasteiger partial charge in [0.15, 0.2) is 0 Å². The van der Waals surface area contributed by atoms with E-state index in [2.05, 4.69) is 23.4 Å². The van der Waals surface area contributed by atoms with Crippen molar-refractivity contribution in [3.05, 3.63) is 35.0 Å². The minimum Gasteiger partial charge on any atom is -0.350 e. The van der Waals surface area contributed by atoms with Crippen LogP contribution in [-0.2, 0) is 12.8 Å². The Morgan fingerprint density at radius 3 is 2.92 bits per heavy atom. The summed E-state index contributed by atoms with van der Waals surface area (Å²) in [5, 5.41) is 2.02. The van der Waals surface area contributed by atoms with Crippen LogP contribution in [0.15, 0.2) is 24.4 Å². The Morgan fingerprint density at radius 2 is 2.23 bits per heavy atom. The molecule has 1 aromatic carbocycles. The van der Waals surface area contributed by atoms with Gasteiger partial charge in [0.1, 0.15) is 0 Å². The molecule has 0 bridgehead atoms. The molecule has 0 aliphatic rings. The van der Waals surface area contributed by atoms with E-state index in [0.717, 1.165) is 16.3 Å². The highest BCUT2D eigenvalue weighted by Gasteiger charge is 2.04. The fourth-order valence-corrected chi connectivity index (χ4v) is 1.99. The number of fused-ring (bicyclic) bond motifs is 1. The summed E-state index contributed by atoms with van der Waals surface area (Å²) in [5.74, 6) is 0.763. The average Bonchev–Trinajstić information content (AvgIpc) is 2.43. The van der Waals surface area contributed by atoms with Crippen molar-refractivity contribution in [3.63, 3.8) is 0 Å². The smallest absolute Gasteiger partial charge is 0.0495 e. The van der Waals surface area contributed by atoms with Gasteiger partial charge in [0.25, 0.3) is 0 Å². The van der Waals surface area contributed by atoms with Crippen molar-refractivity contribution in [3.8, 4) is 0 Å². The van der Waals surface area contributed by atoms with Gasteiger partial charge in [-0.15, -0.1) is 0 Å². The van der Waals surface area contributed by atoms with Gasteiger partial charge in [-0.3, -0.25) is 0 Å². The Bertz CT molecular complexity index is 447. The molecule has 0 amide bonds. The second kappa shape index (κ2) is 3.28. The first kappa shape index (κ1) is 8.97. The molecule has 2 rings (SSSR count). The highest BCUT2D eigenvalue weighted by atomic mass is 35.5. The van der Waals surface area contributed by atoms with Gasteiger partial charge >= 0.3 is 0 Å². The third kappa shape index (κ3) is 1.45. The summed E-state index contributed by atoms with van der Waals surface area (Å²) < 4.78 is 2.08. The van der Waals surface area contributed by atoms with Crippen molar-refractivity contribution in [1.29, 1.82) is 0 Å². The topological polar surface area (TPSA) is 4.93 Å². The molecule has 0 aliphatic heterocycles. The summed E-state index contributed by atoms with van der Waals surface area (Å²) in [6, 6.07) is 5.93. The monoisotopic (exact) mass is 211 g/mol. The van der Waals surface area contributed by atoms with Crippen molar-refractivity contribution >= 4 is 35.1 Å². The normalized spacial score (nSPS) is 11.0. The van der Waals surface area contributed by atoms with Gasteiger partial charge in [-0.2, -0.15) is 12.6 Å². The summed E-state index contributed by atoms with van der Waals surface area (Å²) in [6.07, 6.45) is 2.09. The first-order valence-electron chi connectivity index (χ1n) is 4.06. The zero-order chi connectivity index (χ0) is 9.42. The van der Waals surface area contributed by atoms with E-state index in [4.69, 9.17) is 11.6 Å². The number of halogens is 1. The predicted molar refractivity (Wildman–Crippen MR) is 60.6 cm³/mol. The molecule has 0 saturated carbocycles. The van der Waals surface area contributed by atoms with Crippen molar-refractivity contribution in [2.24, 2.45) is 7.05 Å². The lowest BCUT2D eigenvalue weighted by molar-refractivity contribution is 0.963. The molecule has 0 fully saturated rings.